The van der Waals surface area contributed by atoms with Crippen LogP contribution < -0.4 is 9.62 Å². The Morgan fingerprint density at radius 1 is 1.06 bits per heavy atom. The number of hydrogen-bond donors (Lipinski definition) is 1. The zero-order valence-corrected chi connectivity index (χ0v) is 21.5. The van der Waals surface area contributed by atoms with Crippen molar-refractivity contribution < 1.29 is 18.0 Å². The number of rotatable bonds is 10. The number of carbonyl (C=O) groups excluding carboxylic acids is 2. The first-order valence-corrected chi connectivity index (χ1v) is 13.1. The van der Waals surface area contributed by atoms with Crippen LogP contribution in [0.4, 0.5) is 5.69 Å². The summed E-state index contributed by atoms with van der Waals surface area (Å²) in [6.45, 7) is 5.64. The second-order valence-electron chi connectivity index (χ2n) is 7.70. The third-order valence-corrected chi connectivity index (χ3v) is 6.92. The van der Waals surface area contributed by atoms with Crippen molar-refractivity contribution >= 4 is 50.7 Å². The minimum Gasteiger partial charge on any atom is -0.355 e. The van der Waals surface area contributed by atoms with Crippen molar-refractivity contribution in [2.75, 3.05) is 23.7 Å². The molecule has 33 heavy (non-hydrogen) atoms. The molecule has 0 saturated heterocycles. The van der Waals surface area contributed by atoms with Crippen LogP contribution in [0.5, 0.6) is 0 Å². The van der Waals surface area contributed by atoms with Crippen molar-refractivity contribution in [1.82, 2.24) is 10.2 Å². The third kappa shape index (κ3) is 7.35. The molecule has 180 valence electrons. The summed E-state index contributed by atoms with van der Waals surface area (Å²) in [4.78, 5) is 27.7. The van der Waals surface area contributed by atoms with Crippen LogP contribution in [-0.2, 0) is 26.2 Å². The lowest BCUT2D eigenvalue weighted by atomic mass is 10.1. The lowest BCUT2D eigenvalue weighted by Crippen LogP contribution is -2.52. The van der Waals surface area contributed by atoms with Gasteiger partial charge in [0, 0.05) is 13.1 Å². The first kappa shape index (κ1) is 27.0. The Kier molecular flexibility index (Phi) is 9.57. The summed E-state index contributed by atoms with van der Waals surface area (Å²) in [7, 11) is -3.84. The monoisotopic (exact) mass is 513 g/mol. The fourth-order valence-corrected chi connectivity index (χ4v) is 4.61. The molecule has 0 aromatic heterocycles. The molecule has 0 heterocycles. The van der Waals surface area contributed by atoms with Crippen LogP contribution in [-0.4, -0.2) is 50.5 Å². The van der Waals surface area contributed by atoms with Crippen LogP contribution in [0.2, 0.25) is 10.0 Å². The van der Waals surface area contributed by atoms with E-state index in [9.17, 15) is 18.0 Å². The Labute approximate surface area is 205 Å². The highest BCUT2D eigenvalue weighted by Gasteiger charge is 2.31. The van der Waals surface area contributed by atoms with Crippen molar-refractivity contribution in [2.45, 2.75) is 39.8 Å². The minimum atomic E-state index is -3.84. The number of aryl methyl sites for hydroxylation is 1. The van der Waals surface area contributed by atoms with E-state index in [1.54, 1.807) is 6.92 Å². The van der Waals surface area contributed by atoms with Crippen molar-refractivity contribution in [3.63, 3.8) is 0 Å². The lowest BCUT2D eigenvalue weighted by molar-refractivity contribution is -0.140. The highest BCUT2D eigenvalue weighted by Crippen LogP contribution is 2.28. The zero-order valence-electron chi connectivity index (χ0n) is 19.1. The summed E-state index contributed by atoms with van der Waals surface area (Å²) in [6, 6.07) is 11.2. The van der Waals surface area contributed by atoms with Crippen LogP contribution in [0.3, 0.4) is 0 Å². The summed E-state index contributed by atoms with van der Waals surface area (Å²) in [6.07, 6.45) is 1.38. The highest BCUT2D eigenvalue weighted by atomic mass is 35.5. The quantitative estimate of drug-likeness (QED) is 0.519. The molecule has 10 heteroatoms. The molecule has 1 atom stereocenters. The number of nitrogens with zero attached hydrogens (tertiary/aromatic N) is 2. The van der Waals surface area contributed by atoms with Gasteiger partial charge in [-0.05, 0) is 44.0 Å². The van der Waals surface area contributed by atoms with E-state index in [2.05, 4.69) is 5.32 Å². The van der Waals surface area contributed by atoms with E-state index in [0.717, 1.165) is 21.7 Å². The molecule has 1 N–H and O–H groups in total. The van der Waals surface area contributed by atoms with E-state index in [-0.39, 0.29) is 28.2 Å². The van der Waals surface area contributed by atoms with Gasteiger partial charge in [-0.15, -0.1) is 0 Å². The van der Waals surface area contributed by atoms with E-state index in [4.69, 9.17) is 23.2 Å². The van der Waals surface area contributed by atoms with Gasteiger partial charge in [0.25, 0.3) is 0 Å². The first-order chi connectivity index (χ1) is 15.5. The topological polar surface area (TPSA) is 86.8 Å². The molecular weight excluding hydrogens is 485 g/mol. The molecule has 0 saturated carbocycles. The standard InChI is InChI=1S/C23H29Cl2N3O4S/c1-5-21(23(30)26-6-2)27(14-17-9-7-8-16(3)12-17)22(29)15-28(33(4,31)32)18-10-11-19(24)20(25)13-18/h7-13,21H,5-6,14-15H2,1-4H3,(H,26,30). The summed E-state index contributed by atoms with van der Waals surface area (Å²) in [5, 5.41) is 3.20. The second-order valence-corrected chi connectivity index (χ2v) is 10.4. The van der Waals surface area contributed by atoms with Crippen LogP contribution >= 0.6 is 23.2 Å². The molecule has 0 radical (unpaired) electrons. The summed E-state index contributed by atoms with van der Waals surface area (Å²) >= 11 is 12.0. The number of amides is 2. The summed E-state index contributed by atoms with van der Waals surface area (Å²) in [5.74, 6) is -0.799. The van der Waals surface area contributed by atoms with E-state index in [0.29, 0.717) is 13.0 Å². The van der Waals surface area contributed by atoms with Gasteiger partial charge < -0.3 is 10.2 Å². The number of benzene rings is 2. The molecule has 2 rings (SSSR count). The van der Waals surface area contributed by atoms with Gasteiger partial charge in [0.1, 0.15) is 12.6 Å². The van der Waals surface area contributed by atoms with Gasteiger partial charge in [-0.25, -0.2) is 8.42 Å². The first-order valence-electron chi connectivity index (χ1n) is 10.5. The van der Waals surface area contributed by atoms with Crippen molar-refractivity contribution in [3.05, 3.63) is 63.6 Å². The average Bonchev–Trinajstić information content (AvgIpc) is 2.73. The fraction of sp³-hybridized carbons (Fsp3) is 0.391. The number of hydrogen-bond acceptors (Lipinski definition) is 4. The number of halogens is 2. The molecule has 7 nitrogen and oxygen atoms in total. The SMILES string of the molecule is CCNC(=O)C(CC)N(Cc1cccc(C)c1)C(=O)CN(c1ccc(Cl)c(Cl)c1)S(C)(=O)=O. The molecule has 0 aliphatic rings. The zero-order chi connectivity index (χ0) is 24.8. The maximum Gasteiger partial charge on any atom is 0.244 e. The number of anilines is 1. The Balaban J connectivity index is 2.45. The molecule has 1 unspecified atom stereocenters. The van der Waals surface area contributed by atoms with Gasteiger partial charge in [-0.2, -0.15) is 0 Å². The van der Waals surface area contributed by atoms with E-state index < -0.39 is 28.5 Å². The molecule has 0 aliphatic carbocycles. The number of likely N-dealkylation sites (N-methyl/N-ethyl adjacent to an activating group) is 1. The van der Waals surface area contributed by atoms with E-state index >= 15 is 0 Å². The molecule has 0 aliphatic heterocycles. The second kappa shape index (κ2) is 11.7. The van der Waals surface area contributed by atoms with Crippen LogP contribution in [0.25, 0.3) is 0 Å². The lowest BCUT2D eigenvalue weighted by Gasteiger charge is -2.33. The maximum atomic E-state index is 13.5. The predicted octanol–water partition coefficient (Wildman–Crippen LogP) is 4.01. The van der Waals surface area contributed by atoms with Crippen molar-refractivity contribution in [2.24, 2.45) is 0 Å². The van der Waals surface area contributed by atoms with Gasteiger partial charge in [0.05, 0.1) is 22.0 Å². The van der Waals surface area contributed by atoms with Gasteiger partial charge in [0.2, 0.25) is 21.8 Å². The number of sulfonamides is 1. The Hall–Kier alpha value is -2.29. The summed E-state index contributed by atoms with van der Waals surface area (Å²) < 4.78 is 26.1. The van der Waals surface area contributed by atoms with Gasteiger partial charge in [0.15, 0.2) is 0 Å². The Morgan fingerprint density at radius 2 is 1.76 bits per heavy atom. The van der Waals surface area contributed by atoms with Crippen molar-refractivity contribution in [1.29, 1.82) is 0 Å². The van der Waals surface area contributed by atoms with Gasteiger partial charge in [-0.1, -0.05) is 60.0 Å². The molecule has 2 amide bonds. The van der Waals surface area contributed by atoms with Gasteiger partial charge >= 0.3 is 0 Å². The van der Waals surface area contributed by atoms with Gasteiger partial charge in [-0.3, -0.25) is 13.9 Å². The molecule has 0 spiro atoms. The highest BCUT2D eigenvalue weighted by molar-refractivity contribution is 7.92. The van der Waals surface area contributed by atoms with Crippen LogP contribution in [0, 0.1) is 6.92 Å². The maximum absolute atomic E-state index is 13.5. The molecule has 2 aromatic carbocycles. The minimum absolute atomic E-state index is 0.162. The number of nitrogens with one attached hydrogen (secondary N) is 1. The number of carbonyl (C=O) groups is 2. The molecule has 0 bridgehead atoms. The third-order valence-electron chi connectivity index (χ3n) is 5.04. The predicted molar refractivity (Wildman–Crippen MR) is 133 cm³/mol. The Morgan fingerprint density at radius 3 is 2.30 bits per heavy atom. The van der Waals surface area contributed by atoms with Crippen LogP contribution in [0.15, 0.2) is 42.5 Å². The van der Waals surface area contributed by atoms with Crippen molar-refractivity contribution in [3.8, 4) is 0 Å². The largest absolute Gasteiger partial charge is 0.355 e. The fourth-order valence-electron chi connectivity index (χ4n) is 3.47. The van der Waals surface area contributed by atoms with E-state index in [1.807, 2.05) is 38.1 Å². The van der Waals surface area contributed by atoms with E-state index in [1.165, 1.54) is 23.1 Å². The molecular formula is C23H29Cl2N3O4S. The molecule has 2 aromatic rings. The van der Waals surface area contributed by atoms with Crippen LogP contribution in [0.1, 0.15) is 31.4 Å². The average molecular weight is 514 g/mol. The molecule has 0 fully saturated rings. The Bertz CT molecular complexity index is 1110. The smallest absolute Gasteiger partial charge is 0.244 e. The summed E-state index contributed by atoms with van der Waals surface area (Å²) in [5.41, 5.74) is 2.06. The normalized spacial score (nSPS) is 12.2.